The van der Waals surface area contributed by atoms with Gasteiger partial charge in [-0.15, -0.1) is 0 Å². The van der Waals surface area contributed by atoms with Crippen LogP contribution in [-0.2, 0) is 20.9 Å². The Bertz CT molecular complexity index is 1020. The van der Waals surface area contributed by atoms with E-state index >= 15 is 0 Å². The van der Waals surface area contributed by atoms with Crippen molar-refractivity contribution in [2.24, 2.45) is 4.99 Å². The second kappa shape index (κ2) is 13.0. The van der Waals surface area contributed by atoms with Gasteiger partial charge in [0.1, 0.15) is 11.4 Å². The van der Waals surface area contributed by atoms with Gasteiger partial charge >= 0.3 is 0 Å². The van der Waals surface area contributed by atoms with E-state index in [0.29, 0.717) is 30.6 Å². The fourth-order valence-electron chi connectivity index (χ4n) is 3.20. The minimum absolute atomic E-state index is 0.100. The second-order valence-corrected chi connectivity index (χ2v) is 8.93. The third kappa shape index (κ3) is 7.74. The number of hydrogen-bond donors (Lipinski definition) is 1. The van der Waals surface area contributed by atoms with Gasteiger partial charge in [0.2, 0.25) is 5.91 Å². The van der Waals surface area contributed by atoms with Crippen LogP contribution in [0.15, 0.2) is 65.3 Å². The van der Waals surface area contributed by atoms with E-state index in [1.165, 1.54) is 11.8 Å². The van der Waals surface area contributed by atoms with Crippen LogP contribution in [-0.4, -0.2) is 54.0 Å². The second-order valence-electron chi connectivity index (χ2n) is 7.99. The number of aliphatic imine (C=N–C) groups is 1. The van der Waals surface area contributed by atoms with Gasteiger partial charge in [0.05, 0.1) is 25.5 Å². The van der Waals surface area contributed by atoms with Gasteiger partial charge in [-0.25, -0.2) is 4.99 Å². The molecule has 0 unspecified atom stereocenters. The summed E-state index contributed by atoms with van der Waals surface area (Å²) in [6.45, 7) is 5.51. The molecule has 180 valence electrons. The number of amidine groups is 1. The van der Waals surface area contributed by atoms with Crippen LogP contribution in [0.25, 0.3) is 6.08 Å². The average Bonchev–Trinajstić information content (AvgIpc) is 3.12. The van der Waals surface area contributed by atoms with Crippen molar-refractivity contribution >= 4 is 34.8 Å². The standard InChI is InChI=1S/C26H31N3O4S/c1-19(2)33-15-7-14-27-24(30)18-34-26-28-23(16-20-10-12-22(32-3)13-11-20)25(31)29(26)17-21-8-5-4-6-9-21/h4-6,8-13,16,19H,7,14-15,17-18H2,1-3H3,(H,27,30)/b23-16-. The highest BCUT2D eigenvalue weighted by Gasteiger charge is 2.31. The van der Waals surface area contributed by atoms with Crippen molar-refractivity contribution in [2.75, 3.05) is 26.0 Å². The lowest BCUT2D eigenvalue weighted by molar-refractivity contribution is -0.123. The first-order valence-electron chi connectivity index (χ1n) is 11.3. The smallest absolute Gasteiger partial charge is 0.278 e. The first-order valence-corrected chi connectivity index (χ1v) is 12.3. The highest BCUT2D eigenvalue weighted by Crippen LogP contribution is 2.26. The molecule has 0 saturated heterocycles. The molecule has 0 spiro atoms. The number of carbonyl (C=O) groups is 2. The van der Waals surface area contributed by atoms with Crippen molar-refractivity contribution in [3.05, 3.63) is 71.4 Å². The van der Waals surface area contributed by atoms with Gasteiger partial charge in [-0.05, 0) is 49.6 Å². The minimum atomic E-state index is -0.187. The summed E-state index contributed by atoms with van der Waals surface area (Å²) in [6.07, 6.45) is 2.69. The molecule has 2 amide bonds. The first-order chi connectivity index (χ1) is 16.5. The number of rotatable bonds is 11. The van der Waals surface area contributed by atoms with Crippen LogP contribution in [0.4, 0.5) is 0 Å². The molecule has 1 aliphatic rings. The molecular weight excluding hydrogens is 450 g/mol. The lowest BCUT2D eigenvalue weighted by Crippen LogP contribution is -2.32. The first kappa shape index (κ1) is 25.5. The predicted octanol–water partition coefficient (Wildman–Crippen LogP) is 4.10. The number of nitrogens with zero attached hydrogens (tertiary/aromatic N) is 2. The number of methoxy groups -OCH3 is 1. The summed E-state index contributed by atoms with van der Waals surface area (Å²) in [7, 11) is 1.61. The third-order valence-electron chi connectivity index (χ3n) is 4.94. The van der Waals surface area contributed by atoms with Crippen molar-refractivity contribution in [2.45, 2.75) is 32.9 Å². The SMILES string of the molecule is COc1ccc(/C=C2\N=C(SCC(=O)NCCCOC(C)C)N(Cc3ccccc3)C2=O)cc1. The zero-order valence-corrected chi connectivity index (χ0v) is 20.6. The summed E-state index contributed by atoms with van der Waals surface area (Å²) in [5, 5.41) is 3.41. The minimum Gasteiger partial charge on any atom is -0.497 e. The topological polar surface area (TPSA) is 80.2 Å². The molecule has 7 nitrogen and oxygen atoms in total. The van der Waals surface area contributed by atoms with Gasteiger partial charge in [0.15, 0.2) is 5.17 Å². The van der Waals surface area contributed by atoms with Crippen molar-refractivity contribution in [3.63, 3.8) is 0 Å². The Labute approximate surface area is 205 Å². The molecule has 0 saturated carbocycles. The van der Waals surface area contributed by atoms with Crippen LogP contribution < -0.4 is 10.1 Å². The maximum Gasteiger partial charge on any atom is 0.278 e. The van der Waals surface area contributed by atoms with Gasteiger partial charge < -0.3 is 14.8 Å². The Morgan fingerprint density at radius 1 is 1.15 bits per heavy atom. The maximum atomic E-state index is 13.2. The fraction of sp³-hybridized carbons (Fsp3) is 0.346. The highest BCUT2D eigenvalue weighted by molar-refractivity contribution is 8.14. The van der Waals surface area contributed by atoms with Crippen LogP contribution in [0.1, 0.15) is 31.4 Å². The largest absolute Gasteiger partial charge is 0.497 e. The Kier molecular flexibility index (Phi) is 9.73. The Morgan fingerprint density at radius 2 is 1.88 bits per heavy atom. The van der Waals surface area contributed by atoms with Gasteiger partial charge in [-0.2, -0.15) is 0 Å². The van der Waals surface area contributed by atoms with E-state index in [2.05, 4.69) is 10.3 Å². The molecule has 0 bridgehead atoms. The van der Waals surface area contributed by atoms with Crippen molar-refractivity contribution in [1.82, 2.24) is 10.2 Å². The van der Waals surface area contributed by atoms with Crippen molar-refractivity contribution in [3.8, 4) is 5.75 Å². The van der Waals surface area contributed by atoms with Gasteiger partial charge in [-0.1, -0.05) is 54.2 Å². The molecule has 2 aromatic rings. The van der Waals surface area contributed by atoms with Crippen LogP contribution in [0.5, 0.6) is 5.75 Å². The number of hydrogen-bond acceptors (Lipinski definition) is 6. The Hall–Kier alpha value is -3.10. The molecule has 3 rings (SSSR count). The summed E-state index contributed by atoms with van der Waals surface area (Å²) >= 11 is 1.26. The molecule has 0 radical (unpaired) electrons. The van der Waals surface area contributed by atoms with Crippen LogP contribution in [0, 0.1) is 0 Å². The van der Waals surface area contributed by atoms with E-state index in [-0.39, 0.29) is 23.7 Å². The lowest BCUT2D eigenvalue weighted by atomic mass is 10.1. The van der Waals surface area contributed by atoms with E-state index in [9.17, 15) is 9.59 Å². The molecule has 8 heteroatoms. The zero-order chi connectivity index (χ0) is 24.3. The molecule has 0 aliphatic carbocycles. The normalized spacial score (nSPS) is 14.6. The molecule has 0 fully saturated rings. The van der Waals surface area contributed by atoms with Crippen LogP contribution in [0.2, 0.25) is 0 Å². The summed E-state index contributed by atoms with van der Waals surface area (Å²) in [5.41, 5.74) is 2.18. The quantitative estimate of drug-likeness (QED) is 0.386. The van der Waals surface area contributed by atoms with Gasteiger partial charge in [0, 0.05) is 13.2 Å². The molecule has 34 heavy (non-hydrogen) atoms. The number of amides is 2. The molecular formula is C26H31N3O4S. The molecule has 1 heterocycles. The molecule has 2 aromatic carbocycles. The Balaban J connectivity index is 1.66. The Morgan fingerprint density at radius 3 is 2.56 bits per heavy atom. The van der Waals surface area contributed by atoms with Crippen molar-refractivity contribution < 1.29 is 19.1 Å². The number of ether oxygens (including phenoxy) is 2. The number of nitrogens with one attached hydrogen (secondary N) is 1. The van der Waals surface area contributed by atoms with Crippen LogP contribution >= 0.6 is 11.8 Å². The van der Waals surface area contributed by atoms with Gasteiger partial charge in [0.25, 0.3) is 5.91 Å². The van der Waals surface area contributed by atoms with E-state index in [1.54, 1.807) is 18.1 Å². The third-order valence-corrected chi connectivity index (χ3v) is 5.92. The van der Waals surface area contributed by atoms with E-state index in [4.69, 9.17) is 9.47 Å². The summed E-state index contributed by atoms with van der Waals surface area (Å²) in [4.78, 5) is 31.7. The summed E-state index contributed by atoms with van der Waals surface area (Å²) < 4.78 is 10.7. The van der Waals surface area contributed by atoms with E-state index < -0.39 is 0 Å². The molecule has 1 N–H and O–H groups in total. The monoisotopic (exact) mass is 481 g/mol. The number of benzene rings is 2. The number of thioether (sulfide) groups is 1. The van der Waals surface area contributed by atoms with Gasteiger partial charge in [-0.3, -0.25) is 14.5 Å². The maximum absolute atomic E-state index is 13.2. The summed E-state index contributed by atoms with van der Waals surface area (Å²) in [5.74, 6) is 0.635. The molecule has 0 atom stereocenters. The van der Waals surface area contributed by atoms with Crippen LogP contribution in [0.3, 0.4) is 0 Å². The fourth-order valence-corrected chi connectivity index (χ4v) is 4.03. The van der Waals surface area contributed by atoms with Crippen molar-refractivity contribution in [1.29, 1.82) is 0 Å². The van der Waals surface area contributed by atoms with E-state index in [0.717, 1.165) is 23.3 Å². The number of carbonyl (C=O) groups excluding carboxylic acids is 2. The average molecular weight is 482 g/mol. The molecule has 0 aromatic heterocycles. The zero-order valence-electron chi connectivity index (χ0n) is 19.8. The highest BCUT2D eigenvalue weighted by atomic mass is 32.2. The lowest BCUT2D eigenvalue weighted by Gasteiger charge is -2.17. The summed E-state index contributed by atoms with van der Waals surface area (Å²) in [6, 6.07) is 17.2. The van der Waals surface area contributed by atoms with E-state index in [1.807, 2.05) is 68.4 Å². The predicted molar refractivity (Wildman–Crippen MR) is 137 cm³/mol. The molecule has 1 aliphatic heterocycles.